The molecular formula is C14H14F2O3. The average Bonchev–Trinajstić information content (AvgIpc) is 2.37. The number of hydrogen-bond acceptors (Lipinski definition) is 3. The van der Waals surface area contributed by atoms with Crippen molar-refractivity contribution in [2.24, 2.45) is 5.92 Å². The molecule has 0 saturated heterocycles. The Hall–Kier alpha value is -1.78. The first-order chi connectivity index (χ1) is 9.01. The quantitative estimate of drug-likeness (QED) is 0.611. The molecule has 1 unspecified atom stereocenters. The molecule has 5 heteroatoms. The number of carbonyl (C=O) groups excluding carboxylic acids is 2. The predicted molar refractivity (Wildman–Crippen MR) is 63.5 cm³/mol. The van der Waals surface area contributed by atoms with Crippen molar-refractivity contribution in [3.05, 3.63) is 35.4 Å². The molecule has 1 aliphatic carbocycles. The summed E-state index contributed by atoms with van der Waals surface area (Å²) in [6.45, 7) is 0. The van der Waals surface area contributed by atoms with Gasteiger partial charge >= 0.3 is 5.97 Å². The van der Waals surface area contributed by atoms with Gasteiger partial charge in [0.25, 0.3) is 0 Å². The van der Waals surface area contributed by atoms with E-state index in [-0.39, 0.29) is 24.5 Å². The minimum atomic E-state index is -0.824. The number of carbonyl (C=O) groups is 2. The van der Waals surface area contributed by atoms with Crippen LogP contribution in [0.15, 0.2) is 18.2 Å². The topological polar surface area (TPSA) is 43.4 Å². The molecule has 1 saturated carbocycles. The number of methoxy groups -OCH3 is 1. The second kappa shape index (κ2) is 5.47. The third kappa shape index (κ3) is 2.97. The van der Waals surface area contributed by atoms with Crippen molar-refractivity contribution in [2.75, 3.05) is 7.11 Å². The lowest BCUT2D eigenvalue weighted by Gasteiger charge is -2.26. The van der Waals surface area contributed by atoms with Gasteiger partial charge in [0.15, 0.2) is 0 Å². The Bertz CT molecular complexity index is 485. The minimum absolute atomic E-state index is 0.167. The van der Waals surface area contributed by atoms with E-state index >= 15 is 0 Å². The summed E-state index contributed by atoms with van der Waals surface area (Å²) >= 11 is 0. The highest BCUT2D eigenvalue weighted by Gasteiger charge is 2.35. The molecular weight excluding hydrogens is 254 g/mol. The molecule has 19 heavy (non-hydrogen) atoms. The fourth-order valence-electron chi connectivity index (χ4n) is 2.51. The van der Waals surface area contributed by atoms with E-state index in [0.29, 0.717) is 12.0 Å². The molecule has 102 valence electrons. The van der Waals surface area contributed by atoms with Gasteiger partial charge in [0.1, 0.15) is 23.3 Å². The van der Waals surface area contributed by atoms with E-state index in [1.54, 1.807) is 0 Å². The smallest absolute Gasteiger partial charge is 0.316 e. The number of hydrogen-bond donors (Lipinski definition) is 0. The van der Waals surface area contributed by atoms with Crippen molar-refractivity contribution in [1.82, 2.24) is 0 Å². The van der Waals surface area contributed by atoms with Crippen molar-refractivity contribution in [2.45, 2.75) is 25.2 Å². The highest BCUT2D eigenvalue weighted by molar-refractivity contribution is 5.99. The molecule has 0 heterocycles. The molecule has 2 rings (SSSR count). The Kier molecular flexibility index (Phi) is 3.93. The molecule has 0 N–H and O–H groups in total. The molecule has 3 nitrogen and oxygen atoms in total. The van der Waals surface area contributed by atoms with Crippen LogP contribution >= 0.6 is 0 Å². The SMILES string of the molecule is COC(=O)[C@@H]1CC(c2cc(F)cc(F)c2)CCC1=O. The summed E-state index contributed by atoms with van der Waals surface area (Å²) in [7, 11) is 1.22. The van der Waals surface area contributed by atoms with Crippen LogP contribution in [-0.2, 0) is 14.3 Å². The Morgan fingerprint density at radius 3 is 2.47 bits per heavy atom. The van der Waals surface area contributed by atoms with Gasteiger partial charge in [0.05, 0.1) is 7.11 Å². The molecule has 1 aliphatic rings. The van der Waals surface area contributed by atoms with E-state index in [2.05, 4.69) is 4.74 Å². The lowest BCUT2D eigenvalue weighted by Crippen LogP contribution is -2.31. The first kappa shape index (κ1) is 13.6. The molecule has 0 aromatic heterocycles. The fourth-order valence-corrected chi connectivity index (χ4v) is 2.51. The summed E-state index contributed by atoms with van der Waals surface area (Å²) in [6, 6.07) is 3.30. The number of esters is 1. The number of halogens is 2. The zero-order valence-electron chi connectivity index (χ0n) is 10.5. The monoisotopic (exact) mass is 268 g/mol. The fraction of sp³-hybridized carbons (Fsp3) is 0.429. The van der Waals surface area contributed by atoms with Crippen LogP contribution in [0, 0.1) is 17.6 Å². The molecule has 0 radical (unpaired) electrons. The number of Topliss-reactive ketones (excluding diaryl/α,β-unsaturated/α-hetero) is 1. The maximum atomic E-state index is 13.2. The number of rotatable bonds is 2. The highest BCUT2D eigenvalue weighted by atomic mass is 19.1. The molecule has 1 aromatic rings. The van der Waals surface area contributed by atoms with Gasteiger partial charge in [0, 0.05) is 12.5 Å². The largest absolute Gasteiger partial charge is 0.468 e. The van der Waals surface area contributed by atoms with Gasteiger partial charge in [0.2, 0.25) is 0 Å². The summed E-state index contributed by atoms with van der Waals surface area (Å²) in [5, 5.41) is 0. The average molecular weight is 268 g/mol. The minimum Gasteiger partial charge on any atom is -0.468 e. The second-order valence-corrected chi connectivity index (χ2v) is 4.72. The van der Waals surface area contributed by atoms with Gasteiger partial charge < -0.3 is 4.74 Å². The van der Waals surface area contributed by atoms with Crippen molar-refractivity contribution < 1.29 is 23.1 Å². The van der Waals surface area contributed by atoms with Gasteiger partial charge in [-0.3, -0.25) is 9.59 Å². The van der Waals surface area contributed by atoms with Crippen LogP contribution in [0.4, 0.5) is 8.78 Å². The van der Waals surface area contributed by atoms with Crippen LogP contribution in [0.25, 0.3) is 0 Å². The third-order valence-corrected chi connectivity index (χ3v) is 3.49. The van der Waals surface area contributed by atoms with E-state index in [1.165, 1.54) is 19.2 Å². The normalized spacial score (nSPS) is 23.2. The van der Waals surface area contributed by atoms with Crippen molar-refractivity contribution in [3.8, 4) is 0 Å². The molecule has 0 bridgehead atoms. The lowest BCUT2D eigenvalue weighted by molar-refractivity contribution is -0.150. The lowest BCUT2D eigenvalue weighted by atomic mass is 9.77. The van der Waals surface area contributed by atoms with E-state index in [4.69, 9.17) is 0 Å². The van der Waals surface area contributed by atoms with Gasteiger partial charge in [-0.05, 0) is 36.5 Å². The van der Waals surface area contributed by atoms with Crippen molar-refractivity contribution in [1.29, 1.82) is 0 Å². The Morgan fingerprint density at radius 1 is 1.26 bits per heavy atom. The Labute approximate surface area is 109 Å². The second-order valence-electron chi connectivity index (χ2n) is 4.72. The number of ether oxygens (including phenoxy) is 1. The highest BCUT2D eigenvalue weighted by Crippen LogP contribution is 2.35. The zero-order valence-corrected chi connectivity index (χ0v) is 10.5. The summed E-state index contributed by atoms with van der Waals surface area (Å²) in [5.41, 5.74) is 0.485. The third-order valence-electron chi connectivity index (χ3n) is 3.49. The Balaban J connectivity index is 2.22. The summed E-state index contributed by atoms with van der Waals surface area (Å²) in [6.07, 6.45) is 0.964. The Morgan fingerprint density at radius 2 is 1.89 bits per heavy atom. The molecule has 0 spiro atoms. The van der Waals surface area contributed by atoms with Crippen molar-refractivity contribution in [3.63, 3.8) is 0 Å². The standard InChI is InChI=1S/C14H14F2O3/c1-19-14(18)12-6-8(2-3-13(12)17)9-4-10(15)7-11(16)5-9/h4-5,7-8,12H,2-3,6H2,1H3/t8?,12-/m1/s1. The maximum Gasteiger partial charge on any atom is 0.316 e. The maximum absolute atomic E-state index is 13.2. The molecule has 1 fully saturated rings. The van der Waals surface area contributed by atoms with Gasteiger partial charge in [-0.2, -0.15) is 0 Å². The first-order valence-electron chi connectivity index (χ1n) is 6.07. The van der Waals surface area contributed by atoms with E-state index in [0.717, 1.165) is 6.07 Å². The predicted octanol–water partition coefficient (Wildman–Crippen LogP) is 2.59. The van der Waals surface area contributed by atoms with Crippen LogP contribution in [-0.4, -0.2) is 18.9 Å². The van der Waals surface area contributed by atoms with Crippen LogP contribution in [0.2, 0.25) is 0 Å². The molecule has 0 amide bonds. The number of benzene rings is 1. The van der Waals surface area contributed by atoms with E-state index < -0.39 is 23.5 Å². The van der Waals surface area contributed by atoms with Gasteiger partial charge in [-0.1, -0.05) is 0 Å². The van der Waals surface area contributed by atoms with Crippen LogP contribution in [0.5, 0.6) is 0 Å². The first-order valence-corrected chi connectivity index (χ1v) is 6.07. The summed E-state index contributed by atoms with van der Waals surface area (Å²) < 4.78 is 30.9. The number of ketones is 1. The van der Waals surface area contributed by atoms with Gasteiger partial charge in [-0.25, -0.2) is 8.78 Å². The van der Waals surface area contributed by atoms with Crippen molar-refractivity contribution >= 4 is 11.8 Å². The summed E-state index contributed by atoms with van der Waals surface area (Å²) in [5.74, 6) is -3.07. The summed E-state index contributed by atoms with van der Waals surface area (Å²) in [4.78, 5) is 23.2. The van der Waals surface area contributed by atoms with Crippen LogP contribution < -0.4 is 0 Å². The van der Waals surface area contributed by atoms with Crippen LogP contribution in [0.3, 0.4) is 0 Å². The van der Waals surface area contributed by atoms with E-state index in [1.807, 2.05) is 0 Å². The molecule has 1 aromatic carbocycles. The molecule has 0 aliphatic heterocycles. The van der Waals surface area contributed by atoms with Crippen LogP contribution in [0.1, 0.15) is 30.7 Å². The molecule has 2 atom stereocenters. The van der Waals surface area contributed by atoms with E-state index in [9.17, 15) is 18.4 Å². The zero-order chi connectivity index (χ0) is 14.0. The van der Waals surface area contributed by atoms with Gasteiger partial charge in [-0.15, -0.1) is 0 Å².